The number of nitrogens with one attached hydrogen (secondary N) is 2. The maximum absolute atomic E-state index is 12.4. The van der Waals surface area contributed by atoms with Gasteiger partial charge in [-0.1, -0.05) is 66.7 Å². The Morgan fingerprint density at radius 2 is 1.91 bits per heavy atom. The Bertz CT molecular complexity index is 1170. The van der Waals surface area contributed by atoms with Gasteiger partial charge in [-0.3, -0.25) is 9.59 Å². The van der Waals surface area contributed by atoms with Gasteiger partial charge in [0.2, 0.25) is 11.8 Å². The van der Waals surface area contributed by atoms with Gasteiger partial charge < -0.3 is 15.2 Å². The molecule has 0 aliphatic heterocycles. The van der Waals surface area contributed by atoms with Crippen molar-refractivity contribution in [1.29, 1.82) is 0 Å². The molecule has 0 saturated heterocycles. The van der Waals surface area contributed by atoms with Crippen LogP contribution in [0.1, 0.15) is 23.9 Å². The minimum atomic E-state index is -0.282. The summed E-state index contributed by atoms with van der Waals surface area (Å²) < 4.78 is 1.82. The molecule has 0 bridgehead atoms. The fourth-order valence-corrected chi connectivity index (χ4v) is 3.99. The first-order chi connectivity index (χ1) is 16.5. The summed E-state index contributed by atoms with van der Waals surface area (Å²) >= 11 is 7.38. The van der Waals surface area contributed by atoms with Gasteiger partial charge >= 0.3 is 0 Å². The van der Waals surface area contributed by atoms with Crippen LogP contribution in [0.3, 0.4) is 0 Å². The zero-order valence-electron chi connectivity index (χ0n) is 18.8. The number of aromatic nitrogens is 3. The molecule has 1 aromatic heterocycles. The summed E-state index contributed by atoms with van der Waals surface area (Å²) in [6, 6.07) is 15.0. The SMILES string of the molecule is C=CCn1c(CNC(=O)C=Cc2ccccc2Cl)nnc1SCC(=O)Nc1ccc(CC)cc1. The minimum Gasteiger partial charge on any atom is -0.345 e. The maximum atomic E-state index is 12.4. The molecule has 0 aliphatic carbocycles. The highest BCUT2D eigenvalue weighted by Gasteiger charge is 2.14. The highest BCUT2D eigenvalue weighted by atomic mass is 35.5. The molecule has 0 saturated carbocycles. The number of hydrogen-bond donors (Lipinski definition) is 2. The zero-order chi connectivity index (χ0) is 24.3. The quantitative estimate of drug-likeness (QED) is 0.228. The molecule has 3 aromatic rings. The average Bonchev–Trinajstić information content (AvgIpc) is 3.23. The molecule has 2 N–H and O–H groups in total. The van der Waals surface area contributed by atoms with Crippen LogP contribution in [0.2, 0.25) is 5.02 Å². The number of anilines is 1. The number of thioether (sulfide) groups is 1. The van der Waals surface area contributed by atoms with Gasteiger partial charge in [-0.05, 0) is 41.8 Å². The van der Waals surface area contributed by atoms with Crippen molar-refractivity contribution in [3.05, 3.63) is 89.2 Å². The molecule has 0 radical (unpaired) electrons. The molecule has 0 aliphatic rings. The van der Waals surface area contributed by atoms with Crippen LogP contribution in [0.25, 0.3) is 6.08 Å². The van der Waals surface area contributed by atoms with Crippen LogP contribution in [0.15, 0.2) is 72.4 Å². The Labute approximate surface area is 208 Å². The highest BCUT2D eigenvalue weighted by Crippen LogP contribution is 2.19. The van der Waals surface area contributed by atoms with Crippen LogP contribution in [0, 0.1) is 0 Å². The fourth-order valence-electron chi connectivity index (χ4n) is 3.02. The van der Waals surface area contributed by atoms with Crippen molar-refractivity contribution in [2.45, 2.75) is 31.6 Å². The van der Waals surface area contributed by atoms with Gasteiger partial charge in [0.15, 0.2) is 11.0 Å². The third kappa shape index (κ3) is 7.33. The van der Waals surface area contributed by atoms with Gasteiger partial charge in [-0.15, -0.1) is 16.8 Å². The second kappa shape index (κ2) is 12.8. The number of benzene rings is 2. The predicted molar refractivity (Wildman–Crippen MR) is 138 cm³/mol. The van der Waals surface area contributed by atoms with Crippen LogP contribution in [0.5, 0.6) is 0 Å². The average molecular weight is 496 g/mol. The van der Waals surface area contributed by atoms with E-state index in [1.54, 1.807) is 18.2 Å². The molecule has 9 heteroatoms. The number of aryl methyl sites for hydroxylation is 1. The van der Waals surface area contributed by atoms with E-state index in [-0.39, 0.29) is 24.1 Å². The number of nitrogens with zero attached hydrogens (tertiary/aromatic N) is 3. The monoisotopic (exact) mass is 495 g/mol. The standard InChI is InChI=1S/C25H26ClN5O2S/c1-3-15-31-22(16-27-23(32)14-11-19-7-5-6-8-21(19)26)29-30-25(31)34-17-24(33)28-20-12-9-18(4-2)10-13-20/h3,5-14H,1,4,15-17H2,2H3,(H,27,32)(H,28,33). The van der Waals surface area contributed by atoms with Gasteiger partial charge in [-0.25, -0.2) is 0 Å². The second-order valence-corrected chi connectivity index (χ2v) is 8.61. The second-order valence-electron chi connectivity index (χ2n) is 7.26. The van der Waals surface area contributed by atoms with Crippen LogP contribution >= 0.6 is 23.4 Å². The van der Waals surface area contributed by atoms with E-state index in [1.165, 1.54) is 23.4 Å². The number of allylic oxidation sites excluding steroid dienone is 1. The lowest BCUT2D eigenvalue weighted by Crippen LogP contribution is -2.23. The van der Waals surface area contributed by atoms with Gasteiger partial charge in [-0.2, -0.15) is 0 Å². The van der Waals surface area contributed by atoms with E-state index in [0.717, 1.165) is 17.7 Å². The summed E-state index contributed by atoms with van der Waals surface area (Å²) in [6.45, 7) is 6.50. The molecule has 0 atom stereocenters. The van der Waals surface area contributed by atoms with Gasteiger partial charge in [0.25, 0.3) is 0 Å². The third-order valence-electron chi connectivity index (χ3n) is 4.82. The van der Waals surface area contributed by atoms with Crippen molar-refractivity contribution in [2.75, 3.05) is 11.1 Å². The van der Waals surface area contributed by atoms with Crippen molar-refractivity contribution in [2.24, 2.45) is 0 Å². The number of halogens is 1. The summed E-state index contributed by atoms with van der Waals surface area (Å²) in [5.41, 5.74) is 2.72. The Morgan fingerprint density at radius 1 is 1.15 bits per heavy atom. The molecule has 3 rings (SSSR count). The van der Waals surface area contributed by atoms with Crippen molar-refractivity contribution in [3.63, 3.8) is 0 Å². The van der Waals surface area contributed by atoms with E-state index < -0.39 is 0 Å². The molecule has 176 valence electrons. The molecular formula is C25H26ClN5O2S. The normalized spacial score (nSPS) is 10.9. The van der Waals surface area contributed by atoms with Gasteiger partial charge in [0.1, 0.15) is 0 Å². The van der Waals surface area contributed by atoms with Crippen LogP contribution < -0.4 is 10.6 Å². The third-order valence-corrected chi connectivity index (χ3v) is 6.13. The minimum absolute atomic E-state index is 0.137. The molecule has 7 nitrogen and oxygen atoms in total. The fraction of sp³-hybridized carbons (Fsp3) is 0.200. The molecule has 0 spiro atoms. The highest BCUT2D eigenvalue weighted by molar-refractivity contribution is 7.99. The molecule has 0 unspecified atom stereocenters. The molecule has 1 heterocycles. The summed E-state index contributed by atoms with van der Waals surface area (Å²) in [7, 11) is 0. The molecular weight excluding hydrogens is 470 g/mol. The van der Waals surface area contributed by atoms with E-state index in [2.05, 4.69) is 34.3 Å². The van der Waals surface area contributed by atoms with Crippen LogP contribution in [-0.4, -0.2) is 32.3 Å². The number of amides is 2. The zero-order valence-corrected chi connectivity index (χ0v) is 20.4. The number of carbonyl (C=O) groups is 2. The lowest BCUT2D eigenvalue weighted by molar-refractivity contribution is -0.116. The first-order valence-corrected chi connectivity index (χ1v) is 12.1. The van der Waals surface area contributed by atoms with E-state index >= 15 is 0 Å². The first-order valence-electron chi connectivity index (χ1n) is 10.7. The smallest absolute Gasteiger partial charge is 0.244 e. The van der Waals surface area contributed by atoms with Crippen molar-refractivity contribution in [3.8, 4) is 0 Å². The van der Waals surface area contributed by atoms with Crippen molar-refractivity contribution >= 4 is 46.9 Å². The summed E-state index contributed by atoms with van der Waals surface area (Å²) in [4.78, 5) is 24.6. The Kier molecular flexibility index (Phi) is 9.49. The van der Waals surface area contributed by atoms with Crippen molar-refractivity contribution in [1.82, 2.24) is 20.1 Å². The van der Waals surface area contributed by atoms with E-state index in [4.69, 9.17) is 11.6 Å². The Hall–Kier alpha value is -3.36. The van der Waals surface area contributed by atoms with Crippen LogP contribution in [0.4, 0.5) is 5.69 Å². The van der Waals surface area contributed by atoms with E-state index in [0.29, 0.717) is 22.5 Å². The summed E-state index contributed by atoms with van der Waals surface area (Å²) in [5.74, 6) is 0.327. The van der Waals surface area contributed by atoms with Gasteiger partial charge in [0, 0.05) is 23.3 Å². The largest absolute Gasteiger partial charge is 0.345 e. The number of hydrogen-bond acceptors (Lipinski definition) is 5. The van der Waals surface area contributed by atoms with Gasteiger partial charge in [0.05, 0.1) is 12.3 Å². The van der Waals surface area contributed by atoms with E-state index in [1.807, 2.05) is 47.0 Å². The first kappa shape index (κ1) is 25.3. The maximum Gasteiger partial charge on any atom is 0.244 e. The lowest BCUT2D eigenvalue weighted by atomic mass is 10.1. The molecule has 34 heavy (non-hydrogen) atoms. The number of rotatable bonds is 11. The van der Waals surface area contributed by atoms with E-state index in [9.17, 15) is 9.59 Å². The summed E-state index contributed by atoms with van der Waals surface area (Å²) in [6.07, 6.45) is 5.74. The molecule has 0 fully saturated rings. The topological polar surface area (TPSA) is 88.9 Å². The molecule has 2 aromatic carbocycles. The Morgan fingerprint density at radius 3 is 2.62 bits per heavy atom. The van der Waals surface area contributed by atoms with Crippen LogP contribution in [-0.2, 0) is 29.1 Å². The summed E-state index contributed by atoms with van der Waals surface area (Å²) in [5, 5.41) is 15.2. The number of carbonyl (C=O) groups excluding carboxylic acids is 2. The predicted octanol–water partition coefficient (Wildman–Crippen LogP) is 4.74. The lowest BCUT2D eigenvalue weighted by Gasteiger charge is -2.09. The Balaban J connectivity index is 1.55. The van der Waals surface area contributed by atoms with Crippen molar-refractivity contribution < 1.29 is 9.59 Å². The molecule has 2 amide bonds.